The second-order valence-corrected chi connectivity index (χ2v) is 6.61. The van der Waals surface area contributed by atoms with Crippen LogP contribution in [0.1, 0.15) is 45.4 Å². The third-order valence-corrected chi connectivity index (χ3v) is 4.71. The van der Waals surface area contributed by atoms with Gasteiger partial charge in [0, 0.05) is 18.2 Å². The fourth-order valence-corrected chi connectivity index (χ4v) is 3.18. The minimum atomic E-state index is -4.44. The lowest BCUT2D eigenvalue weighted by Crippen LogP contribution is -2.27. The molecule has 1 aliphatic rings. The van der Waals surface area contributed by atoms with Crippen LogP contribution in [0.4, 0.5) is 13.2 Å². The van der Waals surface area contributed by atoms with E-state index in [1.165, 1.54) is 16.0 Å². The molecule has 2 heterocycles. The average Bonchev–Trinajstić information content (AvgIpc) is 3.06. The zero-order valence-corrected chi connectivity index (χ0v) is 13.3. The summed E-state index contributed by atoms with van der Waals surface area (Å²) in [7, 11) is 0. The number of hydrogen-bond donors (Lipinski definition) is 1. The monoisotopic (exact) mass is 343 g/mol. The maximum atomic E-state index is 12.8. The molecule has 0 atom stereocenters. The van der Waals surface area contributed by atoms with Crippen LogP contribution in [0.2, 0.25) is 0 Å². The van der Waals surface area contributed by atoms with Crippen LogP contribution in [0, 0.1) is 6.92 Å². The van der Waals surface area contributed by atoms with E-state index in [0.717, 1.165) is 24.5 Å². The Kier molecular flexibility index (Phi) is 4.18. The third-order valence-electron chi connectivity index (χ3n) is 3.66. The van der Waals surface area contributed by atoms with E-state index in [1.807, 2.05) is 12.3 Å². The summed E-state index contributed by atoms with van der Waals surface area (Å²) in [6, 6.07) is 2.91. The van der Waals surface area contributed by atoms with Crippen LogP contribution in [-0.4, -0.2) is 22.2 Å². The molecule has 0 spiro atoms. The summed E-state index contributed by atoms with van der Waals surface area (Å²) in [5.41, 5.74) is 0.760. The molecule has 3 rings (SSSR count). The number of nitrogens with zero attached hydrogens (tertiary/aromatic N) is 2. The fraction of sp³-hybridized carbons (Fsp3) is 0.467. The van der Waals surface area contributed by atoms with Crippen LogP contribution < -0.4 is 5.32 Å². The molecule has 0 saturated heterocycles. The molecule has 1 fully saturated rings. The van der Waals surface area contributed by atoms with Crippen molar-refractivity contribution in [3.05, 3.63) is 39.3 Å². The van der Waals surface area contributed by atoms with Gasteiger partial charge in [-0.1, -0.05) is 0 Å². The first-order valence-corrected chi connectivity index (χ1v) is 8.21. The van der Waals surface area contributed by atoms with Gasteiger partial charge in [0.25, 0.3) is 5.91 Å². The van der Waals surface area contributed by atoms with Crippen LogP contribution in [0.15, 0.2) is 17.5 Å². The van der Waals surface area contributed by atoms with Crippen LogP contribution in [-0.2, 0) is 12.7 Å². The van der Waals surface area contributed by atoms with Crippen molar-refractivity contribution in [1.82, 2.24) is 15.1 Å². The van der Waals surface area contributed by atoms with Gasteiger partial charge in [-0.15, -0.1) is 11.3 Å². The zero-order chi connectivity index (χ0) is 16.6. The van der Waals surface area contributed by atoms with Gasteiger partial charge in [0.1, 0.15) is 0 Å². The fourth-order valence-electron chi connectivity index (χ4n) is 2.37. The lowest BCUT2D eigenvalue weighted by atomic mass is 10.2. The molecule has 0 aromatic carbocycles. The maximum absolute atomic E-state index is 12.8. The lowest BCUT2D eigenvalue weighted by molar-refractivity contribution is -0.141. The molecule has 1 amide bonds. The van der Waals surface area contributed by atoms with Gasteiger partial charge in [-0.2, -0.15) is 18.3 Å². The number of hydrogen-bond acceptors (Lipinski definition) is 3. The van der Waals surface area contributed by atoms with Gasteiger partial charge in [-0.05, 0) is 42.8 Å². The van der Waals surface area contributed by atoms with Crippen molar-refractivity contribution in [1.29, 1.82) is 0 Å². The standard InChI is InChI=1S/C15H16F3N3OS/c1-9-6-12(23-8-9)14(22)19-4-5-21-11(10-2-3-10)7-13(20-21)15(16,17)18/h6-8,10H,2-5H2,1H3,(H,19,22). The van der Waals surface area contributed by atoms with Gasteiger partial charge in [0.05, 0.1) is 11.4 Å². The lowest BCUT2D eigenvalue weighted by Gasteiger charge is -2.07. The van der Waals surface area contributed by atoms with Gasteiger partial charge in [0.2, 0.25) is 0 Å². The third kappa shape index (κ3) is 3.74. The second-order valence-electron chi connectivity index (χ2n) is 5.69. The maximum Gasteiger partial charge on any atom is 0.435 e. The number of nitrogens with one attached hydrogen (secondary N) is 1. The van der Waals surface area contributed by atoms with Crippen LogP contribution in [0.5, 0.6) is 0 Å². The van der Waals surface area contributed by atoms with Gasteiger partial charge in [0.15, 0.2) is 5.69 Å². The number of carbonyl (C=O) groups excluding carboxylic acids is 1. The van der Waals surface area contributed by atoms with Gasteiger partial charge >= 0.3 is 6.18 Å². The van der Waals surface area contributed by atoms with E-state index in [-0.39, 0.29) is 24.9 Å². The Bertz CT molecular complexity index is 716. The Labute approximate surface area is 135 Å². The van der Waals surface area contributed by atoms with Crippen molar-refractivity contribution in [2.75, 3.05) is 6.54 Å². The van der Waals surface area contributed by atoms with Gasteiger partial charge in [-0.3, -0.25) is 9.48 Å². The predicted molar refractivity (Wildman–Crippen MR) is 80.6 cm³/mol. The van der Waals surface area contributed by atoms with E-state index in [9.17, 15) is 18.0 Å². The number of thiophene rings is 1. The normalized spacial score (nSPS) is 15.0. The van der Waals surface area contributed by atoms with Crippen LogP contribution in [0.3, 0.4) is 0 Å². The first kappa shape index (κ1) is 16.0. The zero-order valence-electron chi connectivity index (χ0n) is 12.5. The molecule has 1 N–H and O–H groups in total. The molecule has 8 heteroatoms. The number of alkyl halides is 3. The average molecular weight is 343 g/mol. The molecule has 1 saturated carbocycles. The van der Waals surface area contributed by atoms with Crippen molar-refractivity contribution in [3.8, 4) is 0 Å². The van der Waals surface area contributed by atoms with Crippen molar-refractivity contribution < 1.29 is 18.0 Å². The molecule has 0 bridgehead atoms. The molecule has 23 heavy (non-hydrogen) atoms. The molecular weight excluding hydrogens is 327 g/mol. The quantitative estimate of drug-likeness (QED) is 0.902. The molecule has 0 radical (unpaired) electrons. The first-order valence-electron chi connectivity index (χ1n) is 7.33. The van der Waals surface area contributed by atoms with E-state index in [1.54, 1.807) is 6.07 Å². The smallest absolute Gasteiger partial charge is 0.349 e. The molecule has 2 aromatic rings. The number of amides is 1. The highest BCUT2D eigenvalue weighted by molar-refractivity contribution is 7.12. The number of rotatable bonds is 5. The molecule has 4 nitrogen and oxygen atoms in total. The van der Waals surface area contributed by atoms with Crippen molar-refractivity contribution in [2.45, 2.75) is 38.4 Å². The molecule has 0 aliphatic heterocycles. The summed E-state index contributed by atoms with van der Waals surface area (Å²) in [6.45, 7) is 2.38. The minimum Gasteiger partial charge on any atom is -0.349 e. The Balaban J connectivity index is 1.63. The molecule has 1 aliphatic carbocycles. The molecule has 0 unspecified atom stereocenters. The Hall–Kier alpha value is -1.83. The van der Waals surface area contributed by atoms with Gasteiger partial charge < -0.3 is 5.32 Å². The molecule has 124 valence electrons. The Morgan fingerprint density at radius 2 is 2.17 bits per heavy atom. The predicted octanol–water partition coefficient (Wildman–Crippen LogP) is 3.58. The van der Waals surface area contributed by atoms with E-state index >= 15 is 0 Å². The van der Waals surface area contributed by atoms with E-state index in [0.29, 0.717) is 10.6 Å². The highest BCUT2D eigenvalue weighted by Crippen LogP contribution is 2.42. The van der Waals surface area contributed by atoms with Crippen LogP contribution in [0.25, 0.3) is 0 Å². The summed E-state index contributed by atoms with van der Waals surface area (Å²) in [5.74, 6) is -0.0477. The largest absolute Gasteiger partial charge is 0.435 e. The van der Waals surface area contributed by atoms with E-state index in [4.69, 9.17) is 0 Å². The summed E-state index contributed by atoms with van der Waals surface area (Å²) >= 11 is 1.35. The molecule has 2 aromatic heterocycles. The van der Waals surface area contributed by atoms with Gasteiger partial charge in [-0.25, -0.2) is 0 Å². The Morgan fingerprint density at radius 1 is 1.43 bits per heavy atom. The van der Waals surface area contributed by atoms with Crippen molar-refractivity contribution in [3.63, 3.8) is 0 Å². The Morgan fingerprint density at radius 3 is 2.74 bits per heavy atom. The van der Waals surface area contributed by atoms with E-state index < -0.39 is 11.9 Å². The van der Waals surface area contributed by atoms with Crippen LogP contribution >= 0.6 is 11.3 Å². The summed E-state index contributed by atoms with van der Waals surface area (Å²) in [4.78, 5) is 12.5. The van der Waals surface area contributed by atoms with Crippen molar-refractivity contribution in [2.24, 2.45) is 0 Å². The summed E-state index contributed by atoms with van der Waals surface area (Å²) < 4.78 is 39.8. The SMILES string of the molecule is Cc1csc(C(=O)NCCn2nc(C(F)(F)F)cc2C2CC2)c1. The number of aryl methyl sites for hydroxylation is 1. The number of carbonyl (C=O) groups is 1. The topological polar surface area (TPSA) is 46.9 Å². The highest BCUT2D eigenvalue weighted by atomic mass is 32.1. The number of halogens is 3. The van der Waals surface area contributed by atoms with Crippen molar-refractivity contribution >= 4 is 17.2 Å². The summed E-state index contributed by atoms with van der Waals surface area (Å²) in [6.07, 6.45) is -2.65. The first-order chi connectivity index (χ1) is 10.8. The number of aromatic nitrogens is 2. The van der Waals surface area contributed by atoms with E-state index in [2.05, 4.69) is 10.4 Å². The summed E-state index contributed by atoms with van der Waals surface area (Å²) in [5, 5.41) is 8.26. The molecular formula is C15H16F3N3OS. The minimum absolute atomic E-state index is 0.161. The highest BCUT2D eigenvalue weighted by Gasteiger charge is 2.37. The second kappa shape index (κ2) is 5.99.